The van der Waals surface area contributed by atoms with Gasteiger partial charge in [0.1, 0.15) is 0 Å². The van der Waals surface area contributed by atoms with Crippen LogP contribution in [0.25, 0.3) is 0 Å². The molecule has 66 valence electrons. The minimum Gasteiger partial charge on any atom is -0.465 e. The van der Waals surface area contributed by atoms with Crippen LogP contribution in [-0.4, -0.2) is 39.9 Å². The summed E-state index contributed by atoms with van der Waals surface area (Å²) in [5.74, 6) is 2.39. The highest BCUT2D eigenvalue weighted by molar-refractivity contribution is 5.67. The Morgan fingerprint density at radius 1 is 1.67 bits per heavy atom. The third-order valence-corrected chi connectivity index (χ3v) is 2.13. The van der Waals surface area contributed by atoms with Crippen LogP contribution >= 0.6 is 0 Å². The summed E-state index contributed by atoms with van der Waals surface area (Å²) in [5, 5.41) is 17.6. The van der Waals surface area contributed by atoms with E-state index in [4.69, 9.17) is 16.6 Å². The number of terminal acetylenes is 1. The number of aliphatic hydroxyl groups excluding tert-OH is 1. The standard InChI is InChI=1S/C8H11NO3/c1-2-6-3-4-7(5-10)9(6)8(11)12/h1,6-7,10H,3-5H2,(H,11,12)/t6-,7+/m0/s1. The van der Waals surface area contributed by atoms with E-state index in [1.165, 1.54) is 0 Å². The number of hydrogen-bond donors (Lipinski definition) is 2. The summed E-state index contributed by atoms with van der Waals surface area (Å²) in [5.41, 5.74) is 0. The third kappa shape index (κ3) is 1.36. The maximum atomic E-state index is 10.7. The fourth-order valence-corrected chi connectivity index (χ4v) is 1.52. The van der Waals surface area contributed by atoms with Gasteiger partial charge in [-0.3, -0.25) is 4.90 Å². The Bertz CT molecular complexity index is 221. The third-order valence-electron chi connectivity index (χ3n) is 2.13. The molecule has 1 aliphatic heterocycles. The molecule has 1 aliphatic rings. The van der Waals surface area contributed by atoms with Crippen LogP contribution in [0.1, 0.15) is 12.8 Å². The number of amides is 1. The van der Waals surface area contributed by atoms with Crippen molar-refractivity contribution in [1.29, 1.82) is 0 Å². The van der Waals surface area contributed by atoms with Gasteiger partial charge in [0.2, 0.25) is 0 Å². The van der Waals surface area contributed by atoms with Gasteiger partial charge in [0.05, 0.1) is 18.7 Å². The van der Waals surface area contributed by atoms with Crippen LogP contribution in [0.4, 0.5) is 4.79 Å². The molecule has 0 unspecified atom stereocenters. The molecule has 0 spiro atoms. The molecule has 0 saturated carbocycles. The second-order valence-corrected chi connectivity index (χ2v) is 2.79. The van der Waals surface area contributed by atoms with E-state index in [9.17, 15) is 4.79 Å². The second kappa shape index (κ2) is 3.46. The van der Waals surface area contributed by atoms with Crippen LogP contribution in [0.5, 0.6) is 0 Å². The predicted molar refractivity (Wildman–Crippen MR) is 42.6 cm³/mol. The molecule has 12 heavy (non-hydrogen) atoms. The van der Waals surface area contributed by atoms with Gasteiger partial charge in [-0.25, -0.2) is 4.79 Å². The summed E-state index contributed by atoms with van der Waals surface area (Å²) in [6, 6.07) is -0.678. The molecule has 2 atom stereocenters. The molecule has 1 heterocycles. The Morgan fingerprint density at radius 3 is 2.75 bits per heavy atom. The fraction of sp³-hybridized carbons (Fsp3) is 0.625. The second-order valence-electron chi connectivity index (χ2n) is 2.79. The van der Waals surface area contributed by atoms with Crippen molar-refractivity contribution in [3.8, 4) is 12.3 Å². The first-order valence-electron chi connectivity index (χ1n) is 3.79. The summed E-state index contributed by atoms with van der Waals surface area (Å²) < 4.78 is 0. The molecule has 1 saturated heterocycles. The van der Waals surface area contributed by atoms with Gasteiger partial charge in [-0.15, -0.1) is 6.42 Å². The van der Waals surface area contributed by atoms with Crippen molar-refractivity contribution in [3.63, 3.8) is 0 Å². The van der Waals surface area contributed by atoms with Gasteiger partial charge in [-0.05, 0) is 12.8 Å². The lowest BCUT2D eigenvalue weighted by Crippen LogP contribution is -2.41. The highest BCUT2D eigenvalue weighted by Gasteiger charge is 2.35. The average molecular weight is 169 g/mol. The van der Waals surface area contributed by atoms with E-state index in [0.717, 1.165) is 4.90 Å². The topological polar surface area (TPSA) is 60.8 Å². The Labute approximate surface area is 70.8 Å². The van der Waals surface area contributed by atoms with Gasteiger partial charge >= 0.3 is 6.09 Å². The fourth-order valence-electron chi connectivity index (χ4n) is 1.52. The normalized spacial score (nSPS) is 28.5. The zero-order valence-electron chi connectivity index (χ0n) is 6.60. The van der Waals surface area contributed by atoms with Gasteiger partial charge in [0.15, 0.2) is 0 Å². The van der Waals surface area contributed by atoms with E-state index >= 15 is 0 Å². The largest absolute Gasteiger partial charge is 0.465 e. The quantitative estimate of drug-likeness (QED) is 0.548. The van der Waals surface area contributed by atoms with Gasteiger partial charge < -0.3 is 10.2 Å². The molecular formula is C8H11NO3. The summed E-state index contributed by atoms with van der Waals surface area (Å²) in [6.07, 6.45) is 5.39. The van der Waals surface area contributed by atoms with E-state index in [0.29, 0.717) is 12.8 Å². The Hall–Kier alpha value is -1.21. The molecule has 1 amide bonds. The van der Waals surface area contributed by atoms with Gasteiger partial charge in [0.25, 0.3) is 0 Å². The molecule has 4 heteroatoms. The molecule has 0 aromatic rings. The Kier molecular flexibility index (Phi) is 2.56. The molecule has 4 nitrogen and oxygen atoms in total. The number of hydrogen-bond acceptors (Lipinski definition) is 2. The summed E-state index contributed by atoms with van der Waals surface area (Å²) in [6.45, 7) is -0.148. The highest BCUT2D eigenvalue weighted by atomic mass is 16.4. The van der Waals surface area contributed by atoms with Crippen molar-refractivity contribution in [1.82, 2.24) is 4.90 Å². The lowest BCUT2D eigenvalue weighted by atomic mass is 10.2. The first kappa shape index (κ1) is 8.88. The average Bonchev–Trinajstić information content (AvgIpc) is 2.46. The molecule has 0 aromatic carbocycles. The smallest absolute Gasteiger partial charge is 0.408 e. The van der Waals surface area contributed by atoms with Crippen LogP contribution in [0, 0.1) is 12.3 Å². The molecule has 0 aliphatic carbocycles. The number of rotatable bonds is 1. The number of likely N-dealkylation sites (tertiary alicyclic amines) is 1. The number of nitrogens with zero attached hydrogens (tertiary/aromatic N) is 1. The SMILES string of the molecule is C#C[C@H]1CC[C@H](CO)N1C(=O)O. The Balaban J connectivity index is 2.74. The molecule has 0 bridgehead atoms. The van der Waals surface area contributed by atoms with E-state index in [2.05, 4.69) is 5.92 Å². The van der Waals surface area contributed by atoms with E-state index in [1.807, 2.05) is 0 Å². The summed E-state index contributed by atoms with van der Waals surface area (Å²) in [7, 11) is 0. The van der Waals surface area contributed by atoms with Crippen molar-refractivity contribution in [3.05, 3.63) is 0 Å². The van der Waals surface area contributed by atoms with Crippen LogP contribution in [0.15, 0.2) is 0 Å². The van der Waals surface area contributed by atoms with E-state index < -0.39 is 6.09 Å². The highest BCUT2D eigenvalue weighted by Crippen LogP contribution is 2.23. The lowest BCUT2D eigenvalue weighted by molar-refractivity contribution is 0.109. The molecule has 1 rings (SSSR count). The molecule has 2 N–H and O–H groups in total. The number of aliphatic hydroxyl groups is 1. The van der Waals surface area contributed by atoms with Crippen molar-refractivity contribution in [2.45, 2.75) is 24.9 Å². The van der Waals surface area contributed by atoms with E-state index in [-0.39, 0.29) is 18.7 Å². The lowest BCUT2D eigenvalue weighted by Gasteiger charge is -2.22. The Morgan fingerprint density at radius 2 is 2.33 bits per heavy atom. The van der Waals surface area contributed by atoms with Gasteiger partial charge in [0, 0.05) is 0 Å². The maximum Gasteiger partial charge on any atom is 0.408 e. The van der Waals surface area contributed by atoms with Crippen molar-refractivity contribution < 1.29 is 15.0 Å². The molecule has 1 fully saturated rings. The van der Waals surface area contributed by atoms with Gasteiger partial charge in [-0.1, -0.05) is 5.92 Å². The van der Waals surface area contributed by atoms with Crippen LogP contribution in [0.2, 0.25) is 0 Å². The minimum atomic E-state index is -1.05. The number of carbonyl (C=O) groups is 1. The predicted octanol–water partition coefficient (Wildman–Crippen LogP) is 0.123. The molecule has 0 radical (unpaired) electrons. The zero-order chi connectivity index (χ0) is 9.14. The van der Waals surface area contributed by atoms with Crippen LogP contribution < -0.4 is 0 Å². The van der Waals surface area contributed by atoms with Crippen LogP contribution in [0.3, 0.4) is 0 Å². The van der Waals surface area contributed by atoms with Crippen molar-refractivity contribution >= 4 is 6.09 Å². The van der Waals surface area contributed by atoms with Crippen molar-refractivity contribution in [2.75, 3.05) is 6.61 Å². The molecule has 0 aromatic heterocycles. The first-order chi connectivity index (χ1) is 5.70. The van der Waals surface area contributed by atoms with Crippen molar-refractivity contribution in [2.24, 2.45) is 0 Å². The van der Waals surface area contributed by atoms with E-state index in [1.54, 1.807) is 0 Å². The monoisotopic (exact) mass is 169 g/mol. The summed E-state index contributed by atoms with van der Waals surface area (Å²) in [4.78, 5) is 11.8. The first-order valence-corrected chi connectivity index (χ1v) is 3.79. The zero-order valence-corrected chi connectivity index (χ0v) is 6.60. The van der Waals surface area contributed by atoms with Crippen LogP contribution in [-0.2, 0) is 0 Å². The summed E-state index contributed by atoms with van der Waals surface area (Å²) >= 11 is 0. The maximum absolute atomic E-state index is 10.7. The van der Waals surface area contributed by atoms with Gasteiger partial charge in [-0.2, -0.15) is 0 Å². The minimum absolute atomic E-state index is 0.148. The molecular weight excluding hydrogens is 158 g/mol. The number of carboxylic acid groups (broad SMARTS) is 1.